The van der Waals surface area contributed by atoms with E-state index in [1.165, 1.54) is 0 Å². The standard InChI is InChI=1S/C25H35N3O4/c1-4-5-12-23(25(30)31)28(3)18-9-17-27(2)19-24(29)26-20-13-15-22(16-14-20)32-21-10-7-6-8-11-21/h6-8,10-11,13-16,23H,4-5,9,12,17-19H2,1-3H3,(H,26,29)(H,30,31). The molecule has 0 saturated heterocycles. The molecule has 0 bridgehead atoms. The lowest BCUT2D eigenvalue weighted by Crippen LogP contribution is -2.40. The second kappa shape index (κ2) is 13.5. The number of nitrogens with one attached hydrogen (secondary N) is 1. The minimum Gasteiger partial charge on any atom is -0.480 e. The Morgan fingerprint density at radius 3 is 2.25 bits per heavy atom. The lowest BCUT2D eigenvalue weighted by molar-refractivity contribution is -0.143. The summed E-state index contributed by atoms with van der Waals surface area (Å²) >= 11 is 0. The molecule has 7 heteroatoms. The third kappa shape index (κ3) is 9.08. The summed E-state index contributed by atoms with van der Waals surface area (Å²) in [5.74, 6) is 0.600. The fraction of sp³-hybridized carbons (Fsp3) is 0.440. The highest BCUT2D eigenvalue weighted by Crippen LogP contribution is 2.22. The van der Waals surface area contributed by atoms with E-state index in [0.29, 0.717) is 30.9 Å². The molecule has 1 unspecified atom stereocenters. The van der Waals surface area contributed by atoms with E-state index in [0.717, 1.165) is 25.0 Å². The summed E-state index contributed by atoms with van der Waals surface area (Å²) in [6.45, 7) is 3.72. The lowest BCUT2D eigenvalue weighted by atomic mass is 10.1. The number of benzene rings is 2. The van der Waals surface area contributed by atoms with Crippen molar-refractivity contribution in [2.75, 3.05) is 39.0 Å². The van der Waals surface area contributed by atoms with Crippen LogP contribution in [-0.4, -0.2) is 66.6 Å². The Morgan fingerprint density at radius 1 is 0.969 bits per heavy atom. The molecule has 2 N–H and O–H groups in total. The van der Waals surface area contributed by atoms with Crippen molar-refractivity contribution in [1.82, 2.24) is 9.80 Å². The molecular weight excluding hydrogens is 406 g/mol. The van der Waals surface area contributed by atoms with Gasteiger partial charge in [0, 0.05) is 5.69 Å². The van der Waals surface area contributed by atoms with Gasteiger partial charge in [0.1, 0.15) is 17.5 Å². The Kier molecular flexibility index (Phi) is 10.7. The Balaban J connectivity index is 1.71. The van der Waals surface area contributed by atoms with Crippen molar-refractivity contribution in [3.05, 3.63) is 54.6 Å². The number of carbonyl (C=O) groups excluding carboxylic acids is 1. The topological polar surface area (TPSA) is 82.1 Å². The predicted octanol–water partition coefficient (Wildman–Crippen LogP) is 4.31. The second-order valence-corrected chi connectivity index (χ2v) is 8.06. The Labute approximate surface area is 191 Å². The van der Waals surface area contributed by atoms with Gasteiger partial charge in [0.05, 0.1) is 6.54 Å². The maximum atomic E-state index is 12.3. The number of hydrogen-bond donors (Lipinski definition) is 2. The van der Waals surface area contributed by atoms with E-state index in [4.69, 9.17) is 4.74 Å². The van der Waals surface area contributed by atoms with Gasteiger partial charge in [-0.25, -0.2) is 0 Å². The molecule has 2 rings (SSSR count). The van der Waals surface area contributed by atoms with E-state index in [1.54, 1.807) is 0 Å². The number of carbonyl (C=O) groups is 2. The Bertz CT molecular complexity index is 827. The van der Waals surface area contributed by atoms with E-state index < -0.39 is 12.0 Å². The number of anilines is 1. The van der Waals surface area contributed by atoms with Gasteiger partial charge in [-0.3, -0.25) is 19.4 Å². The molecule has 2 aromatic rings. The van der Waals surface area contributed by atoms with E-state index in [1.807, 2.05) is 78.5 Å². The second-order valence-electron chi connectivity index (χ2n) is 8.06. The van der Waals surface area contributed by atoms with Crippen molar-refractivity contribution in [3.8, 4) is 11.5 Å². The van der Waals surface area contributed by atoms with Gasteiger partial charge in [-0.2, -0.15) is 0 Å². The molecule has 1 amide bonds. The van der Waals surface area contributed by atoms with Crippen LogP contribution in [0.4, 0.5) is 5.69 Å². The third-order valence-electron chi connectivity index (χ3n) is 5.23. The van der Waals surface area contributed by atoms with Gasteiger partial charge in [0.25, 0.3) is 0 Å². The maximum Gasteiger partial charge on any atom is 0.320 e. The molecule has 0 aliphatic rings. The van der Waals surface area contributed by atoms with Gasteiger partial charge in [0.15, 0.2) is 0 Å². The van der Waals surface area contributed by atoms with E-state index in [2.05, 4.69) is 12.2 Å². The largest absolute Gasteiger partial charge is 0.480 e. The molecule has 0 heterocycles. The number of aliphatic carboxylic acids is 1. The smallest absolute Gasteiger partial charge is 0.320 e. The summed E-state index contributed by atoms with van der Waals surface area (Å²) in [7, 11) is 3.74. The number of ether oxygens (including phenoxy) is 1. The quantitative estimate of drug-likeness (QED) is 0.455. The van der Waals surface area contributed by atoms with Crippen LogP contribution in [0.3, 0.4) is 0 Å². The molecule has 0 aliphatic heterocycles. The molecule has 0 spiro atoms. The van der Waals surface area contributed by atoms with Crippen LogP contribution in [0.1, 0.15) is 32.6 Å². The number of hydrogen-bond acceptors (Lipinski definition) is 5. The Hall–Kier alpha value is -2.90. The summed E-state index contributed by atoms with van der Waals surface area (Å²) in [5.41, 5.74) is 0.712. The monoisotopic (exact) mass is 441 g/mol. The number of para-hydroxylation sites is 1. The van der Waals surface area contributed by atoms with Crippen LogP contribution in [-0.2, 0) is 9.59 Å². The van der Waals surface area contributed by atoms with Crippen molar-refractivity contribution in [1.29, 1.82) is 0 Å². The maximum absolute atomic E-state index is 12.3. The first-order chi connectivity index (χ1) is 15.4. The zero-order chi connectivity index (χ0) is 23.3. The molecule has 0 radical (unpaired) electrons. The molecule has 0 saturated carbocycles. The molecular formula is C25H35N3O4. The first-order valence-electron chi connectivity index (χ1n) is 11.1. The fourth-order valence-electron chi connectivity index (χ4n) is 3.43. The van der Waals surface area contributed by atoms with Crippen molar-refractivity contribution in [2.45, 2.75) is 38.6 Å². The van der Waals surface area contributed by atoms with Crippen LogP contribution >= 0.6 is 0 Å². The minimum atomic E-state index is -0.770. The first-order valence-corrected chi connectivity index (χ1v) is 11.1. The molecule has 0 aliphatic carbocycles. The van der Waals surface area contributed by atoms with E-state index in [-0.39, 0.29) is 12.5 Å². The van der Waals surface area contributed by atoms with Gasteiger partial charge in [0.2, 0.25) is 5.91 Å². The number of rotatable bonds is 14. The van der Waals surface area contributed by atoms with E-state index in [9.17, 15) is 14.7 Å². The van der Waals surface area contributed by atoms with Crippen molar-refractivity contribution >= 4 is 17.6 Å². The average molecular weight is 442 g/mol. The van der Waals surface area contributed by atoms with Gasteiger partial charge in [-0.15, -0.1) is 0 Å². The van der Waals surface area contributed by atoms with E-state index >= 15 is 0 Å². The molecule has 174 valence electrons. The molecule has 32 heavy (non-hydrogen) atoms. The zero-order valence-corrected chi connectivity index (χ0v) is 19.3. The normalized spacial score (nSPS) is 12.0. The average Bonchev–Trinajstić information content (AvgIpc) is 2.76. The van der Waals surface area contributed by atoms with Crippen LogP contribution in [0.2, 0.25) is 0 Å². The molecule has 1 atom stereocenters. The predicted molar refractivity (Wildman–Crippen MR) is 127 cm³/mol. The van der Waals surface area contributed by atoms with Gasteiger partial charge < -0.3 is 15.2 Å². The number of unbranched alkanes of at least 4 members (excludes halogenated alkanes) is 1. The summed E-state index contributed by atoms with van der Waals surface area (Å²) in [5, 5.41) is 12.3. The molecule has 2 aromatic carbocycles. The summed E-state index contributed by atoms with van der Waals surface area (Å²) in [6, 6.07) is 16.3. The van der Waals surface area contributed by atoms with Crippen molar-refractivity contribution in [3.63, 3.8) is 0 Å². The molecule has 0 fully saturated rings. The number of likely N-dealkylation sites (N-methyl/N-ethyl adjacent to an activating group) is 2. The van der Waals surface area contributed by atoms with Crippen LogP contribution in [0.5, 0.6) is 11.5 Å². The number of amides is 1. The SMILES string of the molecule is CCCCC(C(=O)O)N(C)CCCN(C)CC(=O)Nc1ccc(Oc2ccccc2)cc1. The number of nitrogens with zero attached hydrogens (tertiary/aromatic N) is 2. The number of carboxylic acid groups (broad SMARTS) is 1. The van der Waals surface area contributed by atoms with Crippen molar-refractivity contribution < 1.29 is 19.4 Å². The summed E-state index contributed by atoms with van der Waals surface area (Å²) in [4.78, 5) is 27.6. The highest BCUT2D eigenvalue weighted by Gasteiger charge is 2.21. The van der Waals surface area contributed by atoms with Crippen LogP contribution in [0.25, 0.3) is 0 Å². The fourth-order valence-corrected chi connectivity index (χ4v) is 3.43. The Morgan fingerprint density at radius 2 is 1.62 bits per heavy atom. The van der Waals surface area contributed by atoms with Gasteiger partial charge >= 0.3 is 5.97 Å². The highest BCUT2D eigenvalue weighted by atomic mass is 16.5. The molecule has 7 nitrogen and oxygen atoms in total. The van der Waals surface area contributed by atoms with Gasteiger partial charge in [-0.05, 0) is 76.4 Å². The van der Waals surface area contributed by atoms with Crippen molar-refractivity contribution in [2.24, 2.45) is 0 Å². The first kappa shape index (κ1) is 25.4. The number of carboxylic acids is 1. The van der Waals surface area contributed by atoms with Crippen LogP contribution in [0.15, 0.2) is 54.6 Å². The van der Waals surface area contributed by atoms with Crippen LogP contribution < -0.4 is 10.1 Å². The minimum absolute atomic E-state index is 0.0936. The highest BCUT2D eigenvalue weighted by molar-refractivity contribution is 5.92. The zero-order valence-electron chi connectivity index (χ0n) is 19.3. The third-order valence-corrected chi connectivity index (χ3v) is 5.23. The molecule has 0 aromatic heterocycles. The lowest BCUT2D eigenvalue weighted by Gasteiger charge is -2.25. The summed E-state index contributed by atoms with van der Waals surface area (Å²) < 4.78 is 5.76. The van der Waals surface area contributed by atoms with Gasteiger partial charge in [-0.1, -0.05) is 38.0 Å². The van der Waals surface area contributed by atoms with Crippen LogP contribution in [0, 0.1) is 0 Å². The summed E-state index contributed by atoms with van der Waals surface area (Å²) in [6.07, 6.45) is 3.34.